The molecule has 23 heavy (non-hydrogen) atoms. The predicted molar refractivity (Wildman–Crippen MR) is 92.4 cm³/mol. The monoisotopic (exact) mass is 310 g/mol. The summed E-state index contributed by atoms with van der Waals surface area (Å²) in [6, 6.07) is 19.9. The van der Waals surface area contributed by atoms with E-state index < -0.39 is 0 Å². The van der Waals surface area contributed by atoms with E-state index in [-0.39, 0.29) is 18.6 Å². The van der Waals surface area contributed by atoms with E-state index in [4.69, 9.17) is 4.84 Å². The summed E-state index contributed by atoms with van der Waals surface area (Å²) in [6.45, 7) is 1.92. The topological polar surface area (TPSA) is 50.7 Å². The fourth-order valence-electron chi connectivity index (χ4n) is 2.15. The number of hydrogen-bond acceptors (Lipinski definition) is 3. The fraction of sp³-hybridized carbons (Fsp3) is 0.263. The Hall–Kier alpha value is -2.62. The van der Waals surface area contributed by atoms with Crippen LogP contribution in [0.2, 0.25) is 0 Å². The molecule has 2 rings (SSSR count). The number of carbonyl (C=O) groups is 1. The minimum absolute atomic E-state index is 0.0704. The molecule has 0 aliphatic carbocycles. The van der Waals surface area contributed by atoms with Gasteiger partial charge in [-0.15, -0.1) is 0 Å². The highest BCUT2D eigenvalue weighted by molar-refractivity contribution is 5.79. The highest BCUT2D eigenvalue weighted by Crippen LogP contribution is 2.04. The van der Waals surface area contributed by atoms with Gasteiger partial charge in [-0.2, -0.15) is 0 Å². The van der Waals surface area contributed by atoms with Crippen LogP contribution in [0.15, 0.2) is 65.8 Å². The van der Waals surface area contributed by atoms with E-state index in [0.29, 0.717) is 0 Å². The predicted octanol–water partition coefficient (Wildman–Crippen LogP) is 3.17. The first-order valence-corrected chi connectivity index (χ1v) is 7.77. The van der Waals surface area contributed by atoms with Crippen LogP contribution in [0.25, 0.3) is 0 Å². The van der Waals surface area contributed by atoms with Crippen molar-refractivity contribution in [1.29, 1.82) is 0 Å². The summed E-state index contributed by atoms with van der Waals surface area (Å²) in [5.41, 5.74) is 2.21. The third kappa shape index (κ3) is 6.78. The molecular weight excluding hydrogens is 288 g/mol. The van der Waals surface area contributed by atoms with Gasteiger partial charge in [0.25, 0.3) is 5.91 Å². The molecule has 0 aliphatic heterocycles. The van der Waals surface area contributed by atoms with Crippen LogP contribution in [0.1, 0.15) is 24.5 Å². The van der Waals surface area contributed by atoms with Gasteiger partial charge in [-0.1, -0.05) is 65.8 Å². The Bertz CT molecular complexity index is 612. The standard InChI is InChI=1S/C19H22N2O2/c1-16(12-13-17-8-4-2-5-9-17)21-19(22)15-23-20-14-18-10-6-3-7-11-18/h2-11,14,16H,12-13,15H2,1H3,(H,21,22)/b20-14-/t16-/m1/s1. The second-order valence-electron chi connectivity index (χ2n) is 5.41. The molecular formula is C19H22N2O2. The van der Waals surface area contributed by atoms with Crippen molar-refractivity contribution in [3.63, 3.8) is 0 Å². The van der Waals surface area contributed by atoms with E-state index in [1.54, 1.807) is 6.21 Å². The highest BCUT2D eigenvalue weighted by atomic mass is 16.6. The average Bonchev–Trinajstić information content (AvgIpc) is 2.59. The summed E-state index contributed by atoms with van der Waals surface area (Å²) in [6.07, 6.45) is 3.42. The zero-order valence-corrected chi connectivity index (χ0v) is 13.3. The summed E-state index contributed by atoms with van der Waals surface area (Å²) < 4.78 is 0. The molecule has 0 fully saturated rings. The summed E-state index contributed by atoms with van der Waals surface area (Å²) in [7, 11) is 0. The molecule has 4 heteroatoms. The van der Waals surface area contributed by atoms with Crippen LogP contribution in [-0.4, -0.2) is 24.8 Å². The molecule has 0 bridgehead atoms. The number of benzene rings is 2. The lowest BCUT2D eigenvalue weighted by Crippen LogP contribution is -2.35. The third-order valence-electron chi connectivity index (χ3n) is 3.39. The van der Waals surface area contributed by atoms with E-state index in [1.807, 2.05) is 55.5 Å². The minimum atomic E-state index is -0.157. The number of hydrogen-bond donors (Lipinski definition) is 1. The van der Waals surface area contributed by atoms with Gasteiger partial charge >= 0.3 is 0 Å². The Kier molecular flexibility index (Phi) is 6.85. The van der Waals surface area contributed by atoms with Crippen LogP contribution in [0, 0.1) is 0 Å². The fourth-order valence-corrected chi connectivity index (χ4v) is 2.15. The Labute approximate surface area is 137 Å². The van der Waals surface area contributed by atoms with Gasteiger partial charge in [-0.05, 0) is 30.9 Å². The minimum Gasteiger partial charge on any atom is -0.386 e. The van der Waals surface area contributed by atoms with Crippen molar-refractivity contribution in [2.75, 3.05) is 6.61 Å². The van der Waals surface area contributed by atoms with Crippen molar-refractivity contribution in [1.82, 2.24) is 5.32 Å². The summed E-state index contributed by atoms with van der Waals surface area (Å²) in [5.74, 6) is -0.157. The molecule has 0 saturated heterocycles. The van der Waals surface area contributed by atoms with Crippen LogP contribution in [0.3, 0.4) is 0 Å². The van der Waals surface area contributed by atoms with Crippen molar-refractivity contribution in [2.24, 2.45) is 5.16 Å². The molecule has 2 aromatic rings. The largest absolute Gasteiger partial charge is 0.386 e. The summed E-state index contributed by atoms with van der Waals surface area (Å²) in [5, 5.41) is 6.71. The van der Waals surface area contributed by atoms with Crippen molar-refractivity contribution in [3.8, 4) is 0 Å². The molecule has 2 aromatic carbocycles. The Morgan fingerprint density at radius 1 is 1.13 bits per heavy atom. The van der Waals surface area contributed by atoms with E-state index in [0.717, 1.165) is 18.4 Å². The number of oxime groups is 1. The van der Waals surface area contributed by atoms with Gasteiger partial charge in [0, 0.05) is 6.04 Å². The molecule has 120 valence electrons. The summed E-state index contributed by atoms with van der Waals surface area (Å²) >= 11 is 0. The number of aryl methyl sites for hydroxylation is 1. The lowest BCUT2D eigenvalue weighted by atomic mass is 10.1. The Morgan fingerprint density at radius 3 is 2.48 bits per heavy atom. The van der Waals surface area contributed by atoms with Crippen LogP contribution < -0.4 is 5.32 Å². The molecule has 0 spiro atoms. The maximum Gasteiger partial charge on any atom is 0.260 e. The van der Waals surface area contributed by atoms with E-state index >= 15 is 0 Å². The first-order valence-electron chi connectivity index (χ1n) is 7.77. The van der Waals surface area contributed by atoms with Gasteiger partial charge in [0.2, 0.25) is 0 Å². The van der Waals surface area contributed by atoms with Crippen molar-refractivity contribution < 1.29 is 9.63 Å². The lowest BCUT2D eigenvalue weighted by molar-refractivity contribution is -0.126. The average molecular weight is 310 g/mol. The van der Waals surface area contributed by atoms with Gasteiger partial charge in [-0.25, -0.2) is 0 Å². The van der Waals surface area contributed by atoms with Crippen LogP contribution in [0.5, 0.6) is 0 Å². The molecule has 4 nitrogen and oxygen atoms in total. The van der Waals surface area contributed by atoms with Crippen molar-refractivity contribution in [3.05, 3.63) is 71.8 Å². The van der Waals surface area contributed by atoms with Crippen LogP contribution in [0.4, 0.5) is 0 Å². The first-order chi connectivity index (χ1) is 11.2. The van der Waals surface area contributed by atoms with Gasteiger partial charge in [0.1, 0.15) is 0 Å². The van der Waals surface area contributed by atoms with Crippen molar-refractivity contribution in [2.45, 2.75) is 25.8 Å². The van der Waals surface area contributed by atoms with Gasteiger partial charge in [0.15, 0.2) is 6.61 Å². The van der Waals surface area contributed by atoms with Gasteiger partial charge in [-0.3, -0.25) is 4.79 Å². The van der Waals surface area contributed by atoms with Gasteiger partial charge < -0.3 is 10.2 Å². The smallest absolute Gasteiger partial charge is 0.260 e. The van der Waals surface area contributed by atoms with E-state index in [2.05, 4.69) is 22.6 Å². The zero-order chi connectivity index (χ0) is 16.3. The summed E-state index contributed by atoms with van der Waals surface area (Å²) in [4.78, 5) is 16.8. The molecule has 1 atom stereocenters. The first kappa shape index (κ1) is 16.7. The normalized spacial score (nSPS) is 12.0. The maximum atomic E-state index is 11.8. The second-order valence-corrected chi connectivity index (χ2v) is 5.41. The number of carbonyl (C=O) groups excluding carboxylic acids is 1. The Balaban J connectivity index is 1.63. The molecule has 1 N–H and O–H groups in total. The van der Waals surface area contributed by atoms with Crippen molar-refractivity contribution >= 4 is 12.1 Å². The molecule has 0 aliphatic rings. The second kappa shape index (κ2) is 9.41. The number of nitrogens with one attached hydrogen (secondary N) is 1. The van der Waals surface area contributed by atoms with E-state index in [1.165, 1.54) is 5.56 Å². The number of amides is 1. The number of rotatable bonds is 8. The SMILES string of the molecule is C[C@H](CCc1ccccc1)NC(=O)CO/N=C\c1ccccc1. The van der Waals surface area contributed by atoms with Crippen LogP contribution in [-0.2, 0) is 16.1 Å². The molecule has 1 amide bonds. The van der Waals surface area contributed by atoms with E-state index in [9.17, 15) is 4.79 Å². The Morgan fingerprint density at radius 2 is 1.78 bits per heavy atom. The third-order valence-corrected chi connectivity index (χ3v) is 3.39. The molecule has 0 saturated carbocycles. The quantitative estimate of drug-likeness (QED) is 0.601. The van der Waals surface area contributed by atoms with Gasteiger partial charge in [0.05, 0.1) is 6.21 Å². The molecule has 0 radical (unpaired) electrons. The molecule has 0 heterocycles. The molecule has 0 aromatic heterocycles. The maximum absolute atomic E-state index is 11.8. The lowest BCUT2D eigenvalue weighted by Gasteiger charge is -2.13. The van der Waals surface area contributed by atoms with Crippen LogP contribution >= 0.6 is 0 Å². The zero-order valence-electron chi connectivity index (χ0n) is 13.3. The molecule has 0 unspecified atom stereocenters. The highest BCUT2D eigenvalue weighted by Gasteiger charge is 2.07. The number of nitrogens with zero attached hydrogens (tertiary/aromatic N) is 1.